The van der Waals surface area contributed by atoms with E-state index < -0.39 is 0 Å². The van der Waals surface area contributed by atoms with Crippen molar-refractivity contribution in [2.24, 2.45) is 0 Å². The standard InChI is InChI=1S/C11H16N2O2/c1-4-9-5-6-13(10(14)7-9)8-11(15)12(2)3/h5-7H,4,8H2,1-3H3. The third-order valence-electron chi connectivity index (χ3n) is 2.27. The van der Waals surface area contributed by atoms with E-state index in [9.17, 15) is 9.59 Å². The van der Waals surface area contributed by atoms with Crippen LogP contribution in [0.25, 0.3) is 0 Å². The highest BCUT2D eigenvalue weighted by Gasteiger charge is 2.06. The van der Waals surface area contributed by atoms with Gasteiger partial charge in [-0.15, -0.1) is 0 Å². The molecule has 0 spiro atoms. The van der Waals surface area contributed by atoms with Crippen LogP contribution in [0.5, 0.6) is 0 Å². The van der Waals surface area contributed by atoms with Crippen molar-refractivity contribution in [3.05, 3.63) is 34.2 Å². The van der Waals surface area contributed by atoms with Crippen LogP contribution in [0.1, 0.15) is 12.5 Å². The highest BCUT2D eigenvalue weighted by atomic mass is 16.2. The number of hydrogen-bond acceptors (Lipinski definition) is 2. The second kappa shape index (κ2) is 4.77. The zero-order valence-electron chi connectivity index (χ0n) is 9.36. The predicted octanol–water partition coefficient (Wildman–Crippen LogP) is 0.499. The van der Waals surface area contributed by atoms with E-state index in [1.54, 1.807) is 26.4 Å². The van der Waals surface area contributed by atoms with Gasteiger partial charge in [-0.3, -0.25) is 9.59 Å². The molecule has 1 heterocycles. The van der Waals surface area contributed by atoms with Crippen LogP contribution in [0.15, 0.2) is 23.1 Å². The van der Waals surface area contributed by atoms with Gasteiger partial charge in [-0.05, 0) is 18.1 Å². The molecule has 0 N–H and O–H groups in total. The molecule has 0 aromatic carbocycles. The van der Waals surface area contributed by atoms with Gasteiger partial charge in [0.25, 0.3) is 5.56 Å². The summed E-state index contributed by atoms with van der Waals surface area (Å²) in [5.74, 6) is -0.0821. The quantitative estimate of drug-likeness (QED) is 0.726. The maximum Gasteiger partial charge on any atom is 0.251 e. The van der Waals surface area contributed by atoms with E-state index in [2.05, 4.69) is 0 Å². The maximum absolute atomic E-state index is 11.5. The van der Waals surface area contributed by atoms with Crippen molar-refractivity contribution in [3.63, 3.8) is 0 Å². The fourth-order valence-corrected chi connectivity index (χ4v) is 1.19. The summed E-state index contributed by atoms with van der Waals surface area (Å²) in [4.78, 5) is 24.4. The Morgan fingerprint density at radius 3 is 2.60 bits per heavy atom. The van der Waals surface area contributed by atoms with Gasteiger partial charge in [-0.2, -0.15) is 0 Å². The van der Waals surface area contributed by atoms with Crippen LogP contribution in [0.3, 0.4) is 0 Å². The molecule has 0 aliphatic rings. The average molecular weight is 208 g/mol. The summed E-state index contributed by atoms with van der Waals surface area (Å²) in [6.45, 7) is 2.10. The van der Waals surface area contributed by atoms with Crippen molar-refractivity contribution in [2.45, 2.75) is 19.9 Å². The number of aryl methyl sites for hydroxylation is 1. The van der Waals surface area contributed by atoms with E-state index in [1.807, 2.05) is 13.0 Å². The highest BCUT2D eigenvalue weighted by Crippen LogP contribution is 1.95. The molecule has 15 heavy (non-hydrogen) atoms. The van der Waals surface area contributed by atoms with Gasteiger partial charge in [-0.1, -0.05) is 6.92 Å². The topological polar surface area (TPSA) is 42.3 Å². The molecular formula is C11H16N2O2. The largest absolute Gasteiger partial charge is 0.347 e. The lowest BCUT2D eigenvalue weighted by molar-refractivity contribution is -0.129. The lowest BCUT2D eigenvalue weighted by Crippen LogP contribution is -2.31. The molecule has 82 valence electrons. The molecular weight excluding hydrogens is 192 g/mol. The first kappa shape index (κ1) is 11.5. The number of carbonyl (C=O) groups is 1. The van der Waals surface area contributed by atoms with E-state index in [1.165, 1.54) is 9.47 Å². The second-order valence-corrected chi connectivity index (χ2v) is 3.64. The zero-order chi connectivity index (χ0) is 11.4. The molecule has 0 aliphatic heterocycles. The summed E-state index contributed by atoms with van der Waals surface area (Å²) >= 11 is 0. The Balaban J connectivity index is 2.88. The van der Waals surface area contributed by atoms with E-state index in [4.69, 9.17) is 0 Å². The molecule has 0 atom stereocenters. The molecule has 0 saturated heterocycles. The first-order chi connectivity index (χ1) is 7.04. The van der Waals surface area contributed by atoms with Crippen molar-refractivity contribution in [1.82, 2.24) is 9.47 Å². The molecule has 0 fully saturated rings. The number of carbonyl (C=O) groups excluding carboxylic acids is 1. The first-order valence-electron chi connectivity index (χ1n) is 4.94. The number of pyridine rings is 1. The molecule has 1 aromatic heterocycles. The third kappa shape index (κ3) is 2.94. The number of nitrogens with zero attached hydrogens (tertiary/aromatic N) is 2. The van der Waals surface area contributed by atoms with Crippen LogP contribution in [0.2, 0.25) is 0 Å². The van der Waals surface area contributed by atoms with Gasteiger partial charge < -0.3 is 9.47 Å². The van der Waals surface area contributed by atoms with Crippen molar-refractivity contribution < 1.29 is 4.79 Å². The summed E-state index contributed by atoms with van der Waals surface area (Å²) in [5, 5.41) is 0. The van der Waals surface area contributed by atoms with Gasteiger partial charge in [0.15, 0.2) is 0 Å². The Hall–Kier alpha value is -1.58. The molecule has 0 aliphatic carbocycles. The molecule has 1 aromatic rings. The Morgan fingerprint density at radius 2 is 2.13 bits per heavy atom. The molecule has 1 rings (SSSR count). The van der Waals surface area contributed by atoms with Crippen LogP contribution in [0, 0.1) is 0 Å². The molecule has 4 heteroatoms. The van der Waals surface area contributed by atoms with Crippen molar-refractivity contribution in [1.29, 1.82) is 0 Å². The van der Waals surface area contributed by atoms with Gasteiger partial charge in [0, 0.05) is 26.4 Å². The highest BCUT2D eigenvalue weighted by molar-refractivity contribution is 5.75. The summed E-state index contributed by atoms with van der Waals surface area (Å²) in [7, 11) is 3.35. The predicted molar refractivity (Wildman–Crippen MR) is 58.8 cm³/mol. The summed E-state index contributed by atoms with van der Waals surface area (Å²) in [5.41, 5.74) is 0.873. The number of rotatable bonds is 3. The summed E-state index contributed by atoms with van der Waals surface area (Å²) < 4.78 is 1.42. The van der Waals surface area contributed by atoms with Crippen molar-refractivity contribution >= 4 is 5.91 Å². The van der Waals surface area contributed by atoms with E-state index >= 15 is 0 Å². The third-order valence-corrected chi connectivity index (χ3v) is 2.27. The molecule has 0 unspecified atom stereocenters. The van der Waals surface area contributed by atoms with Gasteiger partial charge in [0.05, 0.1) is 0 Å². The van der Waals surface area contributed by atoms with Crippen LogP contribution >= 0.6 is 0 Å². The first-order valence-corrected chi connectivity index (χ1v) is 4.94. The minimum Gasteiger partial charge on any atom is -0.347 e. The van der Waals surface area contributed by atoms with E-state index in [0.717, 1.165) is 12.0 Å². The van der Waals surface area contributed by atoms with Crippen LogP contribution in [-0.4, -0.2) is 29.5 Å². The number of aromatic nitrogens is 1. The minimum absolute atomic E-state index is 0.0821. The van der Waals surface area contributed by atoms with Crippen LogP contribution in [-0.2, 0) is 17.8 Å². The molecule has 0 bridgehead atoms. The monoisotopic (exact) mass is 208 g/mol. The minimum atomic E-state index is -0.121. The Labute approximate surface area is 89.1 Å². The van der Waals surface area contributed by atoms with E-state index in [0.29, 0.717) is 0 Å². The molecule has 1 amide bonds. The molecule has 4 nitrogen and oxygen atoms in total. The Bertz CT molecular complexity index is 407. The van der Waals surface area contributed by atoms with Crippen LogP contribution in [0.4, 0.5) is 0 Å². The summed E-state index contributed by atoms with van der Waals surface area (Å²) in [6, 6.07) is 3.44. The lowest BCUT2D eigenvalue weighted by Gasteiger charge is -2.11. The fourth-order valence-electron chi connectivity index (χ4n) is 1.19. The van der Waals surface area contributed by atoms with Gasteiger partial charge in [0.1, 0.15) is 6.54 Å². The molecule has 0 radical (unpaired) electrons. The SMILES string of the molecule is CCc1ccn(CC(=O)N(C)C)c(=O)c1. The normalized spacial score (nSPS) is 10.1. The number of amides is 1. The van der Waals surface area contributed by atoms with E-state index in [-0.39, 0.29) is 18.0 Å². The van der Waals surface area contributed by atoms with Crippen LogP contribution < -0.4 is 5.56 Å². The second-order valence-electron chi connectivity index (χ2n) is 3.64. The van der Waals surface area contributed by atoms with Crippen molar-refractivity contribution in [2.75, 3.05) is 14.1 Å². The number of likely N-dealkylation sites (N-methyl/N-ethyl adjacent to an activating group) is 1. The zero-order valence-corrected chi connectivity index (χ0v) is 9.36. The van der Waals surface area contributed by atoms with Gasteiger partial charge >= 0.3 is 0 Å². The fraction of sp³-hybridized carbons (Fsp3) is 0.455. The van der Waals surface area contributed by atoms with Crippen molar-refractivity contribution in [3.8, 4) is 0 Å². The number of hydrogen-bond donors (Lipinski definition) is 0. The maximum atomic E-state index is 11.5. The molecule has 0 saturated carbocycles. The Morgan fingerprint density at radius 1 is 1.47 bits per heavy atom. The summed E-state index contributed by atoms with van der Waals surface area (Å²) in [6.07, 6.45) is 2.50. The average Bonchev–Trinajstić information content (AvgIpc) is 2.20. The lowest BCUT2D eigenvalue weighted by atomic mass is 10.2. The Kier molecular flexibility index (Phi) is 3.66. The van der Waals surface area contributed by atoms with Gasteiger partial charge in [0.2, 0.25) is 5.91 Å². The smallest absolute Gasteiger partial charge is 0.251 e. The van der Waals surface area contributed by atoms with Gasteiger partial charge in [-0.25, -0.2) is 0 Å².